The Morgan fingerprint density at radius 1 is 1.06 bits per heavy atom. The van der Waals surface area contributed by atoms with Crippen molar-refractivity contribution in [3.8, 4) is 11.5 Å². The molecule has 7 heteroatoms. The average molecular weight is 450 g/mol. The first-order chi connectivity index (χ1) is 15.3. The second kappa shape index (κ2) is 8.88. The van der Waals surface area contributed by atoms with Gasteiger partial charge in [-0.25, -0.2) is 0 Å². The van der Waals surface area contributed by atoms with E-state index in [0.717, 1.165) is 4.88 Å². The van der Waals surface area contributed by atoms with Gasteiger partial charge in [-0.2, -0.15) is 0 Å². The molecular formula is C25H23NO5S. The van der Waals surface area contributed by atoms with E-state index in [4.69, 9.17) is 4.74 Å². The quantitative estimate of drug-likeness (QED) is 0.319. The number of aliphatic hydroxyl groups is 1. The number of ether oxygens (including phenoxy) is 1. The number of benzene rings is 2. The Kier molecular flexibility index (Phi) is 6.01. The summed E-state index contributed by atoms with van der Waals surface area (Å²) in [7, 11) is 0. The molecule has 1 unspecified atom stereocenters. The normalized spacial score (nSPS) is 17.8. The fraction of sp³-hybridized carbons (Fsp3) is 0.200. The van der Waals surface area contributed by atoms with Crippen molar-refractivity contribution in [2.75, 3.05) is 0 Å². The van der Waals surface area contributed by atoms with Crippen LogP contribution < -0.4 is 4.74 Å². The zero-order chi connectivity index (χ0) is 22.8. The van der Waals surface area contributed by atoms with Gasteiger partial charge in [0, 0.05) is 10.4 Å². The number of nitrogens with zero attached hydrogens (tertiary/aromatic N) is 1. The Morgan fingerprint density at radius 3 is 2.34 bits per heavy atom. The maximum absolute atomic E-state index is 13.0. The van der Waals surface area contributed by atoms with E-state index >= 15 is 0 Å². The number of phenolic OH excluding ortho intramolecular Hbond substituents is 1. The van der Waals surface area contributed by atoms with E-state index in [1.165, 1.54) is 28.4 Å². The first-order valence-corrected chi connectivity index (χ1v) is 11.1. The van der Waals surface area contributed by atoms with Crippen molar-refractivity contribution < 1.29 is 24.5 Å². The van der Waals surface area contributed by atoms with Crippen molar-refractivity contribution >= 4 is 28.8 Å². The number of aromatic hydroxyl groups is 1. The molecule has 6 nitrogen and oxygen atoms in total. The number of thiophene rings is 1. The highest BCUT2D eigenvalue weighted by Gasteiger charge is 2.46. The molecule has 0 bridgehead atoms. The summed E-state index contributed by atoms with van der Waals surface area (Å²) in [6, 6.07) is 16.1. The van der Waals surface area contributed by atoms with Gasteiger partial charge in [0.25, 0.3) is 11.7 Å². The van der Waals surface area contributed by atoms with Crippen LogP contribution in [0.1, 0.15) is 35.9 Å². The molecule has 32 heavy (non-hydrogen) atoms. The van der Waals surface area contributed by atoms with E-state index in [1.54, 1.807) is 36.4 Å². The van der Waals surface area contributed by atoms with Crippen LogP contribution in [0.4, 0.5) is 0 Å². The standard InChI is InChI=1S/C25H23NO5S/c1-15(2)31-19-11-7-17(8-12-19)23(28)21-22(16-5-9-18(27)10-6-16)26(25(30)24(21)29)14-20-4-3-13-32-20/h3-13,15,22,27-28H,14H2,1-2H3/b23-21-. The van der Waals surface area contributed by atoms with Crippen LogP contribution in [0.2, 0.25) is 0 Å². The van der Waals surface area contributed by atoms with Crippen LogP contribution in [0.15, 0.2) is 71.6 Å². The van der Waals surface area contributed by atoms with E-state index in [-0.39, 0.29) is 29.7 Å². The van der Waals surface area contributed by atoms with Gasteiger partial charge in [0.15, 0.2) is 0 Å². The molecule has 1 aromatic heterocycles. The second-order valence-corrected chi connectivity index (χ2v) is 8.82. The minimum atomic E-state index is -0.774. The van der Waals surface area contributed by atoms with Crippen molar-refractivity contribution in [3.05, 3.63) is 87.6 Å². The first-order valence-electron chi connectivity index (χ1n) is 10.2. The lowest BCUT2D eigenvalue weighted by atomic mass is 9.95. The number of carbonyl (C=O) groups excluding carboxylic acids is 2. The summed E-state index contributed by atoms with van der Waals surface area (Å²) in [6.07, 6.45) is 0.00604. The van der Waals surface area contributed by atoms with Gasteiger partial charge < -0.3 is 19.8 Å². The molecular weight excluding hydrogens is 426 g/mol. The van der Waals surface area contributed by atoms with Gasteiger partial charge in [-0.1, -0.05) is 18.2 Å². The number of likely N-dealkylation sites (tertiary alicyclic amines) is 1. The van der Waals surface area contributed by atoms with Crippen molar-refractivity contribution in [1.29, 1.82) is 0 Å². The van der Waals surface area contributed by atoms with Gasteiger partial charge >= 0.3 is 0 Å². The molecule has 2 N–H and O–H groups in total. The smallest absolute Gasteiger partial charge is 0.295 e. The van der Waals surface area contributed by atoms with Crippen LogP contribution in [0, 0.1) is 0 Å². The molecule has 0 spiro atoms. The number of rotatable bonds is 6. The molecule has 2 heterocycles. The number of phenols is 1. The van der Waals surface area contributed by atoms with Crippen LogP contribution in [-0.4, -0.2) is 32.9 Å². The zero-order valence-electron chi connectivity index (χ0n) is 17.7. The lowest BCUT2D eigenvalue weighted by Crippen LogP contribution is -2.28. The van der Waals surface area contributed by atoms with E-state index < -0.39 is 17.7 Å². The summed E-state index contributed by atoms with van der Waals surface area (Å²) in [6.45, 7) is 4.08. The predicted molar refractivity (Wildman–Crippen MR) is 122 cm³/mol. The lowest BCUT2D eigenvalue weighted by Gasteiger charge is -2.25. The number of hydrogen-bond acceptors (Lipinski definition) is 6. The van der Waals surface area contributed by atoms with Crippen molar-refractivity contribution in [2.45, 2.75) is 32.5 Å². The fourth-order valence-corrected chi connectivity index (χ4v) is 4.44. The maximum Gasteiger partial charge on any atom is 0.295 e. The molecule has 1 aliphatic heterocycles. The minimum Gasteiger partial charge on any atom is -0.508 e. The molecule has 4 rings (SSSR count). The Hall–Kier alpha value is -3.58. The second-order valence-electron chi connectivity index (χ2n) is 7.79. The van der Waals surface area contributed by atoms with E-state index in [9.17, 15) is 19.8 Å². The third kappa shape index (κ3) is 4.24. The number of carbonyl (C=O) groups is 2. The van der Waals surface area contributed by atoms with Gasteiger partial charge in [-0.05, 0) is 67.3 Å². The highest BCUT2D eigenvalue weighted by atomic mass is 32.1. The Balaban J connectivity index is 1.79. The largest absolute Gasteiger partial charge is 0.508 e. The van der Waals surface area contributed by atoms with Crippen LogP contribution in [0.3, 0.4) is 0 Å². The summed E-state index contributed by atoms with van der Waals surface area (Å²) >= 11 is 1.49. The van der Waals surface area contributed by atoms with Crippen LogP contribution in [0.25, 0.3) is 5.76 Å². The summed E-state index contributed by atoms with van der Waals surface area (Å²) in [5.41, 5.74) is 1.06. The van der Waals surface area contributed by atoms with Gasteiger partial charge in [0.05, 0.1) is 24.3 Å². The van der Waals surface area contributed by atoms with Gasteiger partial charge in [-0.15, -0.1) is 11.3 Å². The van der Waals surface area contributed by atoms with Crippen molar-refractivity contribution in [3.63, 3.8) is 0 Å². The zero-order valence-corrected chi connectivity index (χ0v) is 18.5. The summed E-state index contributed by atoms with van der Waals surface area (Å²) < 4.78 is 5.64. The molecule has 1 saturated heterocycles. The maximum atomic E-state index is 13.0. The SMILES string of the molecule is CC(C)Oc1ccc(/C(O)=C2/C(=O)C(=O)N(Cc3cccs3)C2c2ccc(O)cc2)cc1. The molecule has 1 fully saturated rings. The number of Topliss-reactive ketones (excluding diaryl/α,β-unsaturated/α-hetero) is 1. The van der Waals surface area contributed by atoms with E-state index in [1.807, 2.05) is 31.4 Å². The highest BCUT2D eigenvalue weighted by Crippen LogP contribution is 2.41. The highest BCUT2D eigenvalue weighted by molar-refractivity contribution is 7.09. The van der Waals surface area contributed by atoms with Crippen LogP contribution in [0.5, 0.6) is 11.5 Å². The first kappa shape index (κ1) is 21.6. The predicted octanol–water partition coefficient (Wildman–Crippen LogP) is 4.86. The molecule has 0 radical (unpaired) electrons. The molecule has 3 aromatic rings. The molecule has 0 aliphatic carbocycles. The van der Waals surface area contributed by atoms with E-state index in [0.29, 0.717) is 16.9 Å². The molecule has 2 aromatic carbocycles. The number of amides is 1. The van der Waals surface area contributed by atoms with Gasteiger partial charge in [-0.3, -0.25) is 9.59 Å². The monoisotopic (exact) mass is 449 g/mol. The summed E-state index contributed by atoms with van der Waals surface area (Å²) in [5.74, 6) is -0.932. The Bertz CT molecular complexity index is 1150. The van der Waals surface area contributed by atoms with Crippen LogP contribution in [-0.2, 0) is 16.1 Å². The topological polar surface area (TPSA) is 87.1 Å². The summed E-state index contributed by atoms with van der Waals surface area (Å²) in [5, 5.41) is 22.7. The van der Waals surface area contributed by atoms with Gasteiger partial charge in [0.2, 0.25) is 0 Å². The number of ketones is 1. The van der Waals surface area contributed by atoms with E-state index in [2.05, 4.69) is 0 Å². The summed E-state index contributed by atoms with van der Waals surface area (Å²) in [4.78, 5) is 28.4. The molecule has 0 saturated carbocycles. The third-order valence-corrected chi connectivity index (χ3v) is 6.02. The Morgan fingerprint density at radius 2 is 1.75 bits per heavy atom. The average Bonchev–Trinajstić information content (AvgIpc) is 3.36. The minimum absolute atomic E-state index is 0.00604. The molecule has 1 atom stereocenters. The lowest BCUT2D eigenvalue weighted by molar-refractivity contribution is -0.140. The number of hydrogen-bond donors (Lipinski definition) is 2. The fourth-order valence-electron chi connectivity index (χ4n) is 3.74. The molecule has 1 amide bonds. The van der Waals surface area contributed by atoms with Crippen molar-refractivity contribution in [1.82, 2.24) is 4.90 Å². The third-order valence-electron chi connectivity index (χ3n) is 5.15. The van der Waals surface area contributed by atoms with Crippen molar-refractivity contribution in [2.24, 2.45) is 0 Å². The molecule has 164 valence electrons. The Labute approximate surface area is 190 Å². The van der Waals surface area contributed by atoms with Crippen LogP contribution >= 0.6 is 11.3 Å². The molecule has 1 aliphatic rings. The van der Waals surface area contributed by atoms with Gasteiger partial charge in [0.1, 0.15) is 17.3 Å². The number of aliphatic hydroxyl groups excluding tert-OH is 1.